The van der Waals surface area contributed by atoms with Crippen LogP contribution in [0.15, 0.2) is 29.6 Å². The van der Waals surface area contributed by atoms with Gasteiger partial charge in [-0.2, -0.15) is 10.5 Å². The van der Waals surface area contributed by atoms with Crippen LogP contribution in [0.5, 0.6) is 0 Å². The number of imidazole rings is 1. The molecular formula is C28H33N7O2S. The van der Waals surface area contributed by atoms with E-state index in [1.54, 1.807) is 0 Å². The number of ether oxygens (including phenoxy) is 1. The van der Waals surface area contributed by atoms with E-state index in [9.17, 15) is 15.3 Å². The number of benzene rings is 1. The van der Waals surface area contributed by atoms with Gasteiger partial charge in [0.25, 0.3) is 0 Å². The second kappa shape index (κ2) is 11.4. The third-order valence-corrected chi connectivity index (χ3v) is 7.47. The van der Waals surface area contributed by atoms with Crippen molar-refractivity contribution in [1.82, 2.24) is 19.4 Å². The summed E-state index contributed by atoms with van der Waals surface area (Å²) >= 11 is 1.47. The third-order valence-electron chi connectivity index (χ3n) is 6.42. The second-order valence-corrected chi connectivity index (χ2v) is 11.4. The van der Waals surface area contributed by atoms with E-state index in [0.717, 1.165) is 43.7 Å². The van der Waals surface area contributed by atoms with Crippen LogP contribution in [0, 0.1) is 22.7 Å². The standard InChI is InChI=1S/C28H33N7O2S/c1-6-20-21(15-29)25(34-11-7-10-33(5)12-13-34)32-26(22(20)16-30)38-17-19-8-9-23-24(14-19)35(18-31-23)27(36)37-28(2,3)4/h8-9,14,18H,6-7,10-13,17H2,1-5H3. The Morgan fingerprint density at radius 1 is 1.13 bits per heavy atom. The van der Waals surface area contributed by atoms with Gasteiger partial charge in [0.1, 0.15) is 34.9 Å². The largest absolute Gasteiger partial charge is 0.443 e. The first-order chi connectivity index (χ1) is 18.1. The molecule has 0 atom stereocenters. The highest BCUT2D eigenvalue weighted by molar-refractivity contribution is 7.98. The lowest BCUT2D eigenvalue weighted by atomic mass is 10.0. The lowest BCUT2D eigenvalue weighted by Gasteiger charge is -2.25. The molecular weight excluding hydrogens is 498 g/mol. The van der Waals surface area contributed by atoms with Gasteiger partial charge in [-0.3, -0.25) is 0 Å². The highest BCUT2D eigenvalue weighted by Gasteiger charge is 2.24. The van der Waals surface area contributed by atoms with Crippen molar-refractivity contribution in [3.8, 4) is 12.1 Å². The van der Waals surface area contributed by atoms with Crippen LogP contribution in [0.4, 0.5) is 10.6 Å². The Bertz CT molecular complexity index is 1430. The lowest BCUT2D eigenvalue weighted by Crippen LogP contribution is -2.30. The van der Waals surface area contributed by atoms with Crippen molar-refractivity contribution in [2.24, 2.45) is 0 Å². The van der Waals surface area contributed by atoms with E-state index in [2.05, 4.69) is 34.0 Å². The highest BCUT2D eigenvalue weighted by atomic mass is 32.2. The monoisotopic (exact) mass is 531 g/mol. The van der Waals surface area contributed by atoms with E-state index < -0.39 is 11.7 Å². The number of pyridine rings is 1. The number of fused-ring (bicyclic) bond motifs is 1. The fourth-order valence-corrected chi connectivity index (χ4v) is 5.47. The fourth-order valence-electron chi connectivity index (χ4n) is 4.53. The maximum atomic E-state index is 12.7. The fraction of sp³-hybridized carbons (Fsp3) is 0.464. The van der Waals surface area contributed by atoms with E-state index in [1.807, 2.05) is 45.9 Å². The maximum Gasteiger partial charge on any atom is 0.420 e. The minimum absolute atomic E-state index is 0.463. The zero-order valence-electron chi connectivity index (χ0n) is 22.6. The van der Waals surface area contributed by atoms with E-state index in [4.69, 9.17) is 9.72 Å². The van der Waals surface area contributed by atoms with Crippen molar-refractivity contribution in [2.75, 3.05) is 38.1 Å². The number of nitrogens with zero attached hydrogens (tertiary/aromatic N) is 7. The van der Waals surface area contributed by atoms with Crippen LogP contribution >= 0.6 is 11.8 Å². The summed E-state index contributed by atoms with van der Waals surface area (Å²) in [6, 6.07) is 10.4. The average Bonchev–Trinajstić information content (AvgIpc) is 3.18. The summed E-state index contributed by atoms with van der Waals surface area (Å²) in [5, 5.41) is 20.7. The van der Waals surface area contributed by atoms with Crippen LogP contribution in [0.3, 0.4) is 0 Å². The first-order valence-electron chi connectivity index (χ1n) is 12.8. The minimum Gasteiger partial charge on any atom is -0.443 e. The normalized spacial score (nSPS) is 14.7. The molecule has 38 heavy (non-hydrogen) atoms. The zero-order chi connectivity index (χ0) is 27.4. The van der Waals surface area contributed by atoms with Crippen molar-refractivity contribution in [2.45, 2.75) is 56.9 Å². The number of nitriles is 2. The summed E-state index contributed by atoms with van der Waals surface area (Å²) in [4.78, 5) is 26.4. The molecule has 0 bridgehead atoms. The van der Waals surface area contributed by atoms with E-state index in [1.165, 1.54) is 22.7 Å². The van der Waals surface area contributed by atoms with Gasteiger partial charge in [-0.05, 0) is 70.5 Å². The summed E-state index contributed by atoms with van der Waals surface area (Å²) in [6.07, 6.45) is 2.55. The first-order valence-corrected chi connectivity index (χ1v) is 13.8. The third kappa shape index (κ3) is 5.93. The topological polar surface area (TPSA) is 111 Å². The molecule has 2 aromatic heterocycles. The van der Waals surface area contributed by atoms with Gasteiger partial charge in [0.05, 0.1) is 22.2 Å². The molecule has 1 fully saturated rings. The molecule has 0 unspecified atom stereocenters. The molecule has 10 heteroatoms. The van der Waals surface area contributed by atoms with E-state index in [0.29, 0.717) is 45.2 Å². The first kappa shape index (κ1) is 27.4. The Hall–Kier alpha value is -3.60. The molecule has 0 spiro atoms. The number of thioether (sulfide) groups is 1. The minimum atomic E-state index is -0.617. The van der Waals surface area contributed by atoms with Gasteiger partial charge in [-0.1, -0.05) is 13.0 Å². The second-order valence-electron chi connectivity index (χ2n) is 10.4. The molecule has 0 amide bonds. The smallest absolute Gasteiger partial charge is 0.420 e. The Morgan fingerprint density at radius 3 is 2.58 bits per heavy atom. The van der Waals surface area contributed by atoms with Gasteiger partial charge in [0.2, 0.25) is 0 Å². The maximum absolute atomic E-state index is 12.7. The van der Waals surface area contributed by atoms with Crippen molar-refractivity contribution < 1.29 is 9.53 Å². The number of aromatic nitrogens is 3. The molecule has 9 nitrogen and oxygen atoms in total. The number of likely N-dealkylation sites (N-methyl/N-ethyl adjacent to an activating group) is 1. The van der Waals surface area contributed by atoms with Crippen molar-refractivity contribution in [3.63, 3.8) is 0 Å². The molecule has 1 aliphatic heterocycles. The molecule has 3 aromatic rings. The Kier molecular flexibility index (Phi) is 8.25. The van der Waals surface area contributed by atoms with Gasteiger partial charge in [-0.25, -0.2) is 19.3 Å². The summed E-state index contributed by atoms with van der Waals surface area (Å²) in [5.74, 6) is 1.20. The number of hydrogen-bond donors (Lipinski definition) is 0. The van der Waals surface area contributed by atoms with Crippen molar-refractivity contribution in [3.05, 3.63) is 46.8 Å². The zero-order valence-corrected chi connectivity index (χ0v) is 23.4. The number of carbonyl (C=O) groups is 1. The van der Waals surface area contributed by atoms with Crippen LogP contribution in [0.1, 0.15) is 56.4 Å². The van der Waals surface area contributed by atoms with Crippen LogP contribution in [-0.4, -0.2) is 64.4 Å². The molecule has 0 N–H and O–H groups in total. The van der Waals surface area contributed by atoms with E-state index >= 15 is 0 Å². The predicted octanol–water partition coefficient (Wildman–Crippen LogP) is 4.95. The average molecular weight is 532 g/mol. The Morgan fingerprint density at radius 2 is 1.89 bits per heavy atom. The Labute approximate surface area is 228 Å². The lowest BCUT2D eigenvalue weighted by molar-refractivity contribution is 0.0543. The highest BCUT2D eigenvalue weighted by Crippen LogP contribution is 2.34. The SMILES string of the molecule is CCc1c(C#N)c(SCc2ccc3ncn(C(=O)OC(C)(C)C)c3c2)nc(N2CCCN(C)CC2)c1C#N. The molecule has 1 aromatic carbocycles. The van der Waals surface area contributed by atoms with Crippen molar-refractivity contribution >= 4 is 34.7 Å². The number of anilines is 1. The van der Waals surface area contributed by atoms with Gasteiger partial charge in [-0.15, -0.1) is 11.8 Å². The number of carbonyl (C=O) groups excluding carboxylic acids is 1. The van der Waals surface area contributed by atoms with Gasteiger partial charge >= 0.3 is 6.09 Å². The molecule has 0 aliphatic carbocycles. The predicted molar refractivity (Wildman–Crippen MR) is 148 cm³/mol. The quantitative estimate of drug-likeness (QED) is 0.422. The van der Waals surface area contributed by atoms with Crippen molar-refractivity contribution in [1.29, 1.82) is 10.5 Å². The van der Waals surface area contributed by atoms with E-state index in [-0.39, 0.29) is 0 Å². The van der Waals surface area contributed by atoms with Gasteiger partial charge < -0.3 is 14.5 Å². The van der Waals surface area contributed by atoms with Crippen LogP contribution in [0.2, 0.25) is 0 Å². The Balaban J connectivity index is 1.66. The molecule has 0 radical (unpaired) electrons. The number of rotatable bonds is 5. The molecule has 198 valence electrons. The number of hydrogen-bond acceptors (Lipinski definition) is 9. The molecule has 0 saturated carbocycles. The van der Waals surface area contributed by atoms with Gasteiger partial charge in [0, 0.05) is 25.4 Å². The molecule has 1 aliphatic rings. The summed E-state index contributed by atoms with van der Waals surface area (Å²) in [6.45, 7) is 10.9. The molecule has 4 rings (SSSR count). The summed E-state index contributed by atoms with van der Waals surface area (Å²) in [7, 11) is 2.10. The summed E-state index contributed by atoms with van der Waals surface area (Å²) in [5.41, 5.74) is 3.41. The van der Waals surface area contributed by atoms with Crippen LogP contribution in [0.25, 0.3) is 11.0 Å². The van der Waals surface area contributed by atoms with Gasteiger partial charge in [0.15, 0.2) is 0 Å². The molecule has 1 saturated heterocycles. The van der Waals surface area contributed by atoms with Crippen LogP contribution < -0.4 is 4.90 Å². The van der Waals surface area contributed by atoms with Crippen LogP contribution in [-0.2, 0) is 16.9 Å². The molecule has 3 heterocycles. The summed E-state index contributed by atoms with van der Waals surface area (Å²) < 4.78 is 6.94.